The van der Waals surface area contributed by atoms with Crippen LogP contribution in [0.5, 0.6) is 0 Å². The number of aromatic nitrogens is 4. The quantitative estimate of drug-likeness (QED) is 0.652. The van der Waals surface area contributed by atoms with E-state index in [-0.39, 0.29) is 5.95 Å². The molecule has 0 bridgehead atoms. The van der Waals surface area contributed by atoms with Gasteiger partial charge in [0.15, 0.2) is 5.65 Å². The summed E-state index contributed by atoms with van der Waals surface area (Å²) in [6.07, 6.45) is 3.94. The molecule has 18 heavy (non-hydrogen) atoms. The molecule has 0 atom stereocenters. The largest absolute Gasteiger partial charge is 0.369 e. The van der Waals surface area contributed by atoms with Crippen LogP contribution in [0.1, 0.15) is 12.8 Å². The van der Waals surface area contributed by atoms with E-state index in [0.717, 1.165) is 37.1 Å². The van der Waals surface area contributed by atoms with Gasteiger partial charge in [0.05, 0.1) is 11.6 Å². The lowest BCUT2D eigenvalue weighted by Crippen LogP contribution is -2.14. The smallest absolute Gasteiger partial charge is 0.224 e. The Morgan fingerprint density at radius 1 is 1.33 bits per heavy atom. The predicted molar refractivity (Wildman–Crippen MR) is 72.4 cm³/mol. The van der Waals surface area contributed by atoms with Crippen LogP contribution in [0, 0.1) is 0 Å². The molecular formula is C11H19N7. The Balaban J connectivity index is 1.93. The van der Waals surface area contributed by atoms with Gasteiger partial charge in [-0.2, -0.15) is 15.1 Å². The summed E-state index contributed by atoms with van der Waals surface area (Å²) in [6.45, 7) is 1.96. The first-order valence-electron chi connectivity index (χ1n) is 6.02. The summed E-state index contributed by atoms with van der Waals surface area (Å²) in [7, 11) is 4.15. The molecule has 2 aromatic rings. The molecule has 0 saturated heterocycles. The molecule has 0 aliphatic heterocycles. The topological polar surface area (TPSA) is 95.7 Å². The van der Waals surface area contributed by atoms with Crippen molar-refractivity contribution in [2.24, 2.45) is 0 Å². The van der Waals surface area contributed by atoms with Crippen molar-refractivity contribution >= 4 is 22.8 Å². The lowest BCUT2D eigenvalue weighted by Gasteiger charge is -2.10. The molecule has 4 N–H and O–H groups in total. The van der Waals surface area contributed by atoms with Crippen LogP contribution < -0.4 is 11.1 Å². The Kier molecular flexibility index (Phi) is 3.93. The SMILES string of the molecule is CN(C)CCCCNc1nc(N)nc2[nH]ncc12. The number of nitrogen functional groups attached to an aromatic ring is 1. The number of H-pyrrole nitrogens is 1. The minimum atomic E-state index is 0.252. The van der Waals surface area contributed by atoms with E-state index in [9.17, 15) is 0 Å². The molecule has 0 aliphatic carbocycles. The lowest BCUT2D eigenvalue weighted by molar-refractivity contribution is 0.396. The molecule has 7 nitrogen and oxygen atoms in total. The van der Waals surface area contributed by atoms with Gasteiger partial charge in [-0.25, -0.2) is 0 Å². The summed E-state index contributed by atoms with van der Waals surface area (Å²) < 4.78 is 0. The second-order valence-electron chi connectivity index (χ2n) is 4.50. The number of nitrogens with one attached hydrogen (secondary N) is 2. The van der Waals surface area contributed by atoms with Crippen LogP contribution in [0.4, 0.5) is 11.8 Å². The van der Waals surface area contributed by atoms with Crippen molar-refractivity contribution in [3.8, 4) is 0 Å². The van der Waals surface area contributed by atoms with Gasteiger partial charge in [-0.05, 0) is 33.5 Å². The fourth-order valence-electron chi connectivity index (χ4n) is 1.75. The predicted octanol–water partition coefficient (Wildman–Crippen LogP) is 0.689. The van der Waals surface area contributed by atoms with Crippen molar-refractivity contribution in [1.29, 1.82) is 0 Å². The van der Waals surface area contributed by atoms with E-state index in [1.54, 1.807) is 6.20 Å². The van der Waals surface area contributed by atoms with E-state index in [1.807, 2.05) is 0 Å². The van der Waals surface area contributed by atoms with Crippen molar-refractivity contribution in [3.63, 3.8) is 0 Å². The Morgan fingerprint density at radius 3 is 2.94 bits per heavy atom. The Hall–Kier alpha value is -1.89. The third-order valence-corrected chi connectivity index (χ3v) is 2.65. The minimum Gasteiger partial charge on any atom is -0.369 e. The van der Waals surface area contributed by atoms with Gasteiger partial charge in [0.25, 0.3) is 0 Å². The van der Waals surface area contributed by atoms with Gasteiger partial charge >= 0.3 is 0 Å². The average molecular weight is 249 g/mol. The van der Waals surface area contributed by atoms with E-state index in [4.69, 9.17) is 5.73 Å². The maximum Gasteiger partial charge on any atom is 0.224 e. The van der Waals surface area contributed by atoms with Crippen LogP contribution in [0.25, 0.3) is 11.0 Å². The Bertz CT molecular complexity index is 505. The molecule has 0 amide bonds. The first kappa shape index (κ1) is 12.6. The van der Waals surface area contributed by atoms with E-state index in [1.165, 1.54) is 0 Å². The number of aromatic amines is 1. The van der Waals surface area contributed by atoms with Gasteiger partial charge < -0.3 is 16.0 Å². The van der Waals surface area contributed by atoms with Crippen LogP contribution >= 0.6 is 0 Å². The maximum absolute atomic E-state index is 5.64. The molecule has 7 heteroatoms. The number of unbranched alkanes of at least 4 members (excludes halogenated alkanes) is 1. The van der Waals surface area contributed by atoms with Gasteiger partial charge in [0, 0.05) is 6.54 Å². The molecule has 0 fully saturated rings. The van der Waals surface area contributed by atoms with Crippen LogP contribution in [0.15, 0.2) is 6.20 Å². The van der Waals surface area contributed by atoms with Crippen LogP contribution in [0.2, 0.25) is 0 Å². The average Bonchev–Trinajstić information content (AvgIpc) is 2.75. The molecule has 0 aliphatic rings. The monoisotopic (exact) mass is 249 g/mol. The normalized spacial score (nSPS) is 11.3. The first-order valence-corrected chi connectivity index (χ1v) is 6.02. The Morgan fingerprint density at radius 2 is 2.17 bits per heavy atom. The van der Waals surface area contributed by atoms with Gasteiger partial charge in [-0.1, -0.05) is 0 Å². The van der Waals surface area contributed by atoms with Crippen molar-refractivity contribution in [1.82, 2.24) is 25.1 Å². The highest BCUT2D eigenvalue weighted by atomic mass is 15.2. The minimum absolute atomic E-state index is 0.252. The molecule has 2 rings (SSSR count). The molecule has 2 aromatic heterocycles. The van der Waals surface area contributed by atoms with E-state index >= 15 is 0 Å². The van der Waals surface area contributed by atoms with Gasteiger partial charge in [-0.15, -0.1) is 0 Å². The maximum atomic E-state index is 5.64. The van der Waals surface area contributed by atoms with Crippen LogP contribution in [-0.2, 0) is 0 Å². The molecular weight excluding hydrogens is 230 g/mol. The molecule has 98 valence electrons. The molecule has 0 aromatic carbocycles. The van der Waals surface area contributed by atoms with E-state index in [2.05, 4.69) is 44.5 Å². The molecule has 0 unspecified atom stereocenters. The third-order valence-electron chi connectivity index (χ3n) is 2.65. The summed E-state index contributed by atoms with van der Waals surface area (Å²) in [6, 6.07) is 0. The summed E-state index contributed by atoms with van der Waals surface area (Å²) in [5.41, 5.74) is 6.30. The van der Waals surface area contributed by atoms with Crippen molar-refractivity contribution in [2.45, 2.75) is 12.8 Å². The first-order chi connectivity index (χ1) is 8.66. The number of nitrogens with zero attached hydrogens (tertiary/aromatic N) is 4. The molecule has 0 spiro atoms. The van der Waals surface area contributed by atoms with E-state index < -0.39 is 0 Å². The number of hydrogen-bond donors (Lipinski definition) is 3. The van der Waals surface area contributed by atoms with Crippen LogP contribution in [0.3, 0.4) is 0 Å². The summed E-state index contributed by atoms with van der Waals surface area (Å²) in [4.78, 5) is 10.4. The summed E-state index contributed by atoms with van der Waals surface area (Å²) in [5.74, 6) is 0.999. The standard InChI is InChI=1S/C11H19N7/c1-18(2)6-4-3-5-13-9-8-7-14-17-10(8)16-11(12)15-9/h7H,3-6H2,1-2H3,(H4,12,13,14,15,16,17). The number of hydrogen-bond acceptors (Lipinski definition) is 6. The van der Waals surface area contributed by atoms with Gasteiger partial charge in [0.1, 0.15) is 5.82 Å². The molecule has 0 saturated carbocycles. The number of rotatable bonds is 6. The third kappa shape index (κ3) is 3.07. The zero-order valence-corrected chi connectivity index (χ0v) is 10.8. The highest BCUT2D eigenvalue weighted by Gasteiger charge is 2.06. The zero-order valence-electron chi connectivity index (χ0n) is 10.8. The van der Waals surface area contributed by atoms with Gasteiger partial charge in [0.2, 0.25) is 5.95 Å². The number of nitrogens with two attached hydrogens (primary N) is 1. The molecule has 0 radical (unpaired) electrons. The second kappa shape index (κ2) is 5.63. The fourth-order valence-corrected chi connectivity index (χ4v) is 1.75. The molecule has 2 heterocycles. The highest BCUT2D eigenvalue weighted by molar-refractivity contribution is 5.86. The Labute approximate surface area is 106 Å². The second-order valence-corrected chi connectivity index (χ2v) is 4.50. The van der Waals surface area contributed by atoms with Crippen LogP contribution in [-0.4, -0.2) is 52.3 Å². The number of anilines is 2. The zero-order chi connectivity index (χ0) is 13.0. The van der Waals surface area contributed by atoms with Crippen molar-refractivity contribution in [2.75, 3.05) is 38.2 Å². The summed E-state index contributed by atoms with van der Waals surface area (Å²) in [5, 5.41) is 10.9. The van der Waals surface area contributed by atoms with Crippen molar-refractivity contribution in [3.05, 3.63) is 6.20 Å². The fraction of sp³-hybridized carbons (Fsp3) is 0.545. The summed E-state index contributed by atoms with van der Waals surface area (Å²) >= 11 is 0. The highest BCUT2D eigenvalue weighted by Crippen LogP contribution is 2.18. The van der Waals surface area contributed by atoms with Gasteiger partial charge in [-0.3, -0.25) is 5.10 Å². The number of fused-ring (bicyclic) bond motifs is 1. The lowest BCUT2D eigenvalue weighted by atomic mass is 10.3. The van der Waals surface area contributed by atoms with Crippen molar-refractivity contribution < 1.29 is 0 Å². The van der Waals surface area contributed by atoms with E-state index in [0.29, 0.717) is 5.65 Å².